The molecule has 1 aromatic rings. The summed E-state index contributed by atoms with van der Waals surface area (Å²) in [5, 5.41) is 10.0. The SMILES string of the molecule is Oc1cc2c(cc1CN1CCCCCC1)OCO2. The first-order valence-corrected chi connectivity index (χ1v) is 6.67. The molecular weight excluding hydrogens is 230 g/mol. The second-order valence-electron chi connectivity index (χ2n) is 5.02. The van der Waals surface area contributed by atoms with Crippen molar-refractivity contribution in [2.24, 2.45) is 0 Å². The van der Waals surface area contributed by atoms with Gasteiger partial charge in [0.25, 0.3) is 0 Å². The van der Waals surface area contributed by atoms with Crippen LogP contribution in [0.4, 0.5) is 0 Å². The van der Waals surface area contributed by atoms with Crippen LogP contribution in [0.5, 0.6) is 17.2 Å². The lowest BCUT2D eigenvalue weighted by Crippen LogP contribution is -2.23. The molecule has 0 unspecified atom stereocenters. The van der Waals surface area contributed by atoms with Crippen molar-refractivity contribution in [3.05, 3.63) is 17.7 Å². The van der Waals surface area contributed by atoms with E-state index in [2.05, 4.69) is 4.90 Å². The second-order valence-corrected chi connectivity index (χ2v) is 5.02. The normalized spacial score (nSPS) is 19.8. The number of likely N-dealkylation sites (tertiary alicyclic amines) is 1. The van der Waals surface area contributed by atoms with Crippen molar-refractivity contribution in [1.29, 1.82) is 0 Å². The third-order valence-corrected chi connectivity index (χ3v) is 3.67. The van der Waals surface area contributed by atoms with E-state index in [-0.39, 0.29) is 6.79 Å². The van der Waals surface area contributed by atoms with E-state index >= 15 is 0 Å². The summed E-state index contributed by atoms with van der Waals surface area (Å²) in [5.41, 5.74) is 0.932. The molecule has 0 aliphatic carbocycles. The predicted molar refractivity (Wildman–Crippen MR) is 68.0 cm³/mol. The summed E-state index contributed by atoms with van der Waals surface area (Å²) in [4.78, 5) is 2.41. The van der Waals surface area contributed by atoms with Crippen LogP contribution in [0.15, 0.2) is 12.1 Å². The lowest BCUT2D eigenvalue weighted by atomic mass is 10.1. The summed E-state index contributed by atoms with van der Waals surface area (Å²) < 4.78 is 10.6. The largest absolute Gasteiger partial charge is 0.507 e. The molecule has 0 amide bonds. The van der Waals surface area contributed by atoms with E-state index in [4.69, 9.17) is 9.47 Å². The zero-order valence-electron chi connectivity index (χ0n) is 10.5. The molecule has 1 N–H and O–H groups in total. The fourth-order valence-electron chi connectivity index (χ4n) is 2.64. The van der Waals surface area contributed by atoms with Gasteiger partial charge in [0, 0.05) is 18.2 Å². The van der Waals surface area contributed by atoms with E-state index in [9.17, 15) is 5.11 Å². The van der Waals surface area contributed by atoms with Crippen molar-refractivity contribution in [3.63, 3.8) is 0 Å². The van der Waals surface area contributed by atoms with E-state index in [0.29, 0.717) is 11.5 Å². The molecule has 4 nitrogen and oxygen atoms in total. The van der Waals surface area contributed by atoms with Crippen LogP contribution in [-0.2, 0) is 6.54 Å². The number of benzene rings is 1. The molecule has 2 aliphatic rings. The van der Waals surface area contributed by atoms with Gasteiger partial charge < -0.3 is 14.6 Å². The number of aromatic hydroxyl groups is 1. The van der Waals surface area contributed by atoms with Gasteiger partial charge in [0.05, 0.1) is 0 Å². The maximum absolute atomic E-state index is 10.0. The number of rotatable bonds is 2. The molecule has 1 fully saturated rings. The van der Waals surface area contributed by atoms with Crippen molar-refractivity contribution in [1.82, 2.24) is 4.90 Å². The highest BCUT2D eigenvalue weighted by Crippen LogP contribution is 2.38. The summed E-state index contributed by atoms with van der Waals surface area (Å²) in [6.45, 7) is 3.28. The third kappa shape index (κ3) is 2.38. The fourth-order valence-corrected chi connectivity index (χ4v) is 2.64. The summed E-state index contributed by atoms with van der Waals surface area (Å²) in [6, 6.07) is 3.57. The highest BCUT2D eigenvalue weighted by molar-refractivity contribution is 5.51. The molecule has 98 valence electrons. The van der Waals surface area contributed by atoms with Gasteiger partial charge in [0.1, 0.15) is 5.75 Å². The van der Waals surface area contributed by atoms with Gasteiger partial charge in [-0.15, -0.1) is 0 Å². The van der Waals surface area contributed by atoms with Gasteiger partial charge >= 0.3 is 0 Å². The highest BCUT2D eigenvalue weighted by Gasteiger charge is 2.18. The summed E-state index contributed by atoms with van der Waals surface area (Å²) >= 11 is 0. The van der Waals surface area contributed by atoms with Crippen LogP contribution in [-0.4, -0.2) is 29.9 Å². The van der Waals surface area contributed by atoms with Crippen molar-refractivity contribution in [2.75, 3.05) is 19.9 Å². The smallest absolute Gasteiger partial charge is 0.231 e. The lowest BCUT2D eigenvalue weighted by molar-refractivity contribution is 0.174. The standard InChI is InChI=1S/C14H19NO3/c16-12-8-14-13(17-10-18-14)7-11(12)9-15-5-3-1-2-4-6-15/h7-8,16H,1-6,9-10H2. The molecule has 0 aromatic heterocycles. The number of fused-ring (bicyclic) bond motifs is 1. The van der Waals surface area contributed by atoms with Crippen molar-refractivity contribution >= 4 is 0 Å². The third-order valence-electron chi connectivity index (χ3n) is 3.67. The van der Waals surface area contributed by atoms with Crippen LogP contribution in [0.25, 0.3) is 0 Å². The first-order chi connectivity index (χ1) is 8.83. The number of phenolic OH excluding ortho intramolecular Hbond substituents is 1. The monoisotopic (exact) mass is 249 g/mol. The van der Waals surface area contributed by atoms with E-state index in [1.807, 2.05) is 6.07 Å². The van der Waals surface area contributed by atoms with Gasteiger partial charge in [0.15, 0.2) is 11.5 Å². The second kappa shape index (κ2) is 5.06. The maximum atomic E-state index is 10.0. The molecule has 0 bridgehead atoms. The van der Waals surface area contributed by atoms with E-state index in [0.717, 1.165) is 30.9 Å². The van der Waals surface area contributed by atoms with Gasteiger partial charge in [-0.2, -0.15) is 0 Å². The molecule has 1 saturated heterocycles. The minimum atomic E-state index is 0.252. The quantitative estimate of drug-likeness (QED) is 0.874. The van der Waals surface area contributed by atoms with Gasteiger partial charge in [-0.25, -0.2) is 0 Å². The van der Waals surface area contributed by atoms with E-state index < -0.39 is 0 Å². The molecule has 0 saturated carbocycles. The molecule has 1 aromatic carbocycles. The van der Waals surface area contributed by atoms with Gasteiger partial charge in [0.2, 0.25) is 6.79 Å². The Hall–Kier alpha value is -1.42. The minimum Gasteiger partial charge on any atom is -0.507 e. The minimum absolute atomic E-state index is 0.252. The Morgan fingerprint density at radius 1 is 1.00 bits per heavy atom. The number of nitrogens with zero attached hydrogens (tertiary/aromatic N) is 1. The van der Waals surface area contributed by atoms with Crippen LogP contribution >= 0.6 is 0 Å². The van der Waals surface area contributed by atoms with E-state index in [1.165, 1.54) is 25.7 Å². The summed E-state index contributed by atoms with van der Waals surface area (Å²) in [7, 11) is 0. The average Bonchev–Trinajstić information content (AvgIpc) is 2.65. The van der Waals surface area contributed by atoms with Crippen molar-refractivity contribution < 1.29 is 14.6 Å². The predicted octanol–water partition coefficient (Wildman–Crippen LogP) is 2.50. The molecule has 3 rings (SSSR count). The Balaban J connectivity index is 1.75. The number of phenols is 1. The molecule has 2 heterocycles. The number of hydrogen-bond acceptors (Lipinski definition) is 4. The summed E-state index contributed by atoms with van der Waals surface area (Å²) in [6.07, 6.45) is 5.16. The molecular formula is C14H19NO3. The Kier molecular flexibility index (Phi) is 3.28. The number of hydrogen-bond donors (Lipinski definition) is 1. The van der Waals surface area contributed by atoms with Crippen molar-refractivity contribution in [3.8, 4) is 17.2 Å². The molecule has 18 heavy (non-hydrogen) atoms. The van der Waals surface area contributed by atoms with Crippen LogP contribution in [0.2, 0.25) is 0 Å². The van der Waals surface area contributed by atoms with Crippen LogP contribution in [0.3, 0.4) is 0 Å². The van der Waals surface area contributed by atoms with E-state index in [1.54, 1.807) is 6.07 Å². The zero-order valence-corrected chi connectivity index (χ0v) is 10.5. The maximum Gasteiger partial charge on any atom is 0.231 e. The van der Waals surface area contributed by atoms with Gasteiger partial charge in [-0.1, -0.05) is 12.8 Å². The molecule has 2 aliphatic heterocycles. The topological polar surface area (TPSA) is 41.9 Å². The van der Waals surface area contributed by atoms with Crippen LogP contribution < -0.4 is 9.47 Å². The Bertz CT molecular complexity index is 425. The van der Waals surface area contributed by atoms with Gasteiger partial charge in [-0.05, 0) is 32.0 Å². The number of ether oxygens (including phenoxy) is 2. The van der Waals surface area contributed by atoms with Crippen molar-refractivity contribution in [2.45, 2.75) is 32.2 Å². The Morgan fingerprint density at radius 2 is 1.67 bits per heavy atom. The zero-order chi connectivity index (χ0) is 12.4. The first kappa shape index (κ1) is 11.7. The molecule has 0 atom stereocenters. The Labute approximate surface area is 107 Å². The fraction of sp³-hybridized carbons (Fsp3) is 0.571. The molecule has 4 heteroatoms. The highest BCUT2D eigenvalue weighted by atomic mass is 16.7. The molecule has 0 radical (unpaired) electrons. The van der Waals surface area contributed by atoms with Crippen LogP contribution in [0, 0.1) is 0 Å². The van der Waals surface area contributed by atoms with Gasteiger partial charge in [-0.3, -0.25) is 4.90 Å². The Morgan fingerprint density at radius 3 is 2.39 bits per heavy atom. The summed E-state index contributed by atoms with van der Waals surface area (Å²) in [5.74, 6) is 1.70. The van der Waals surface area contributed by atoms with Crippen LogP contribution in [0.1, 0.15) is 31.2 Å². The molecule has 0 spiro atoms. The first-order valence-electron chi connectivity index (χ1n) is 6.67. The lowest BCUT2D eigenvalue weighted by Gasteiger charge is -2.20. The average molecular weight is 249 g/mol.